The van der Waals surface area contributed by atoms with E-state index >= 15 is 0 Å². The number of anilines is 1. The number of halogens is 1. The van der Waals surface area contributed by atoms with Crippen molar-refractivity contribution >= 4 is 29.3 Å². The van der Waals surface area contributed by atoms with Gasteiger partial charge in [-0.05, 0) is 35.9 Å². The van der Waals surface area contributed by atoms with Gasteiger partial charge in [-0.1, -0.05) is 41.9 Å². The summed E-state index contributed by atoms with van der Waals surface area (Å²) in [5.74, 6) is -1.05. The zero-order chi connectivity index (χ0) is 20.5. The van der Waals surface area contributed by atoms with E-state index in [-0.39, 0.29) is 17.6 Å². The van der Waals surface area contributed by atoms with Gasteiger partial charge in [-0.25, -0.2) is 9.59 Å². The highest BCUT2D eigenvalue weighted by Gasteiger charge is 2.40. The van der Waals surface area contributed by atoms with Crippen molar-refractivity contribution in [2.45, 2.75) is 19.0 Å². The Bertz CT molecular complexity index is 1030. The fraction of sp³-hybridized carbons (Fsp3) is 0.182. The van der Waals surface area contributed by atoms with Crippen molar-refractivity contribution in [3.63, 3.8) is 0 Å². The van der Waals surface area contributed by atoms with Crippen LogP contribution in [0.25, 0.3) is 0 Å². The van der Waals surface area contributed by atoms with E-state index in [0.29, 0.717) is 23.7 Å². The van der Waals surface area contributed by atoms with Crippen molar-refractivity contribution in [2.75, 3.05) is 12.4 Å². The molecule has 4 rings (SSSR count). The lowest BCUT2D eigenvalue weighted by atomic mass is 10.0. The van der Waals surface area contributed by atoms with Crippen LogP contribution in [0.1, 0.15) is 22.3 Å². The minimum absolute atomic E-state index is 0.0440. The van der Waals surface area contributed by atoms with Crippen molar-refractivity contribution in [3.8, 4) is 0 Å². The lowest BCUT2D eigenvalue weighted by molar-refractivity contribution is 0.0698. The summed E-state index contributed by atoms with van der Waals surface area (Å²) in [4.78, 5) is 27.8. The number of amides is 2. The highest BCUT2D eigenvalue weighted by atomic mass is 35.5. The molecular formula is C22H20ClN3O3. The molecule has 1 aliphatic heterocycles. The molecule has 29 heavy (non-hydrogen) atoms. The summed E-state index contributed by atoms with van der Waals surface area (Å²) in [5.41, 5.74) is 3.43. The molecule has 1 atom stereocenters. The van der Waals surface area contributed by atoms with Gasteiger partial charge in [-0.3, -0.25) is 4.90 Å². The fourth-order valence-corrected chi connectivity index (χ4v) is 3.88. The Morgan fingerprint density at radius 2 is 1.97 bits per heavy atom. The zero-order valence-electron chi connectivity index (χ0n) is 15.8. The lowest BCUT2D eigenvalue weighted by Gasteiger charge is -2.25. The maximum Gasteiger partial charge on any atom is 0.337 e. The third kappa shape index (κ3) is 3.71. The maximum atomic E-state index is 12.8. The average Bonchev–Trinajstić information content (AvgIpc) is 2.94. The normalized spacial score (nSPS) is 18.3. The van der Waals surface area contributed by atoms with Gasteiger partial charge in [0, 0.05) is 29.9 Å². The lowest BCUT2D eigenvalue weighted by Crippen LogP contribution is -2.31. The number of carboxylic acids is 1. The molecule has 2 amide bonds. The van der Waals surface area contributed by atoms with E-state index in [0.717, 1.165) is 17.0 Å². The second kappa shape index (κ2) is 7.64. The van der Waals surface area contributed by atoms with E-state index in [9.17, 15) is 14.7 Å². The number of aromatic carboxylic acids is 1. The average molecular weight is 410 g/mol. The summed E-state index contributed by atoms with van der Waals surface area (Å²) in [7, 11) is 1.79. The zero-order valence-corrected chi connectivity index (χ0v) is 16.6. The van der Waals surface area contributed by atoms with Gasteiger partial charge in [0.2, 0.25) is 0 Å². The Hall–Kier alpha value is -3.25. The first-order valence-electron chi connectivity index (χ1n) is 9.23. The van der Waals surface area contributed by atoms with Gasteiger partial charge in [0.1, 0.15) is 0 Å². The predicted molar refractivity (Wildman–Crippen MR) is 112 cm³/mol. The number of carbonyl (C=O) groups is 2. The number of urea groups is 1. The number of nitrogens with one attached hydrogen (secondary N) is 1. The number of carbonyl (C=O) groups excluding carboxylic acids is 1. The number of allylic oxidation sites excluding steroid dienone is 2. The molecule has 2 aromatic rings. The summed E-state index contributed by atoms with van der Waals surface area (Å²) in [6, 6.07) is 14.4. The molecule has 1 unspecified atom stereocenters. The quantitative estimate of drug-likeness (QED) is 0.759. The summed E-state index contributed by atoms with van der Waals surface area (Å²) >= 11 is 5.93. The van der Waals surface area contributed by atoms with Gasteiger partial charge >= 0.3 is 12.0 Å². The molecule has 6 nitrogen and oxygen atoms in total. The van der Waals surface area contributed by atoms with Crippen molar-refractivity contribution in [1.82, 2.24) is 9.80 Å². The van der Waals surface area contributed by atoms with Crippen molar-refractivity contribution in [1.29, 1.82) is 0 Å². The summed E-state index contributed by atoms with van der Waals surface area (Å²) in [5, 5.41) is 13.0. The van der Waals surface area contributed by atoms with Crippen LogP contribution in [0.4, 0.5) is 10.5 Å². The summed E-state index contributed by atoms with van der Waals surface area (Å²) < 4.78 is 0. The second-order valence-corrected chi connectivity index (χ2v) is 7.53. The molecule has 0 spiro atoms. The van der Waals surface area contributed by atoms with Crippen molar-refractivity contribution in [2.24, 2.45) is 0 Å². The van der Waals surface area contributed by atoms with Crippen LogP contribution in [0.15, 0.2) is 72.1 Å². The van der Waals surface area contributed by atoms with Gasteiger partial charge in [-0.15, -0.1) is 0 Å². The minimum atomic E-state index is -1.05. The fourth-order valence-electron chi connectivity index (χ4n) is 3.71. The van der Waals surface area contributed by atoms with E-state index in [1.807, 2.05) is 42.5 Å². The van der Waals surface area contributed by atoms with Crippen LogP contribution in [0.5, 0.6) is 0 Å². The minimum Gasteiger partial charge on any atom is -0.478 e. The SMILES string of the molecule is CN1C(=O)N(Cc2ccccc2)C2=CC=C(Nc3ccc(Cl)cc3C(=O)O)CC21. The number of fused-ring (bicyclic) bond motifs is 1. The van der Waals surface area contributed by atoms with E-state index in [4.69, 9.17) is 11.6 Å². The van der Waals surface area contributed by atoms with Crippen LogP contribution in [0.3, 0.4) is 0 Å². The standard InChI is InChI=1S/C22H20ClN3O3/c1-25-20-12-16(24-18-9-7-15(23)11-17(18)21(27)28)8-10-19(20)26(22(25)29)13-14-5-3-2-4-6-14/h2-11,20,24H,12-13H2,1H3,(H,27,28). The molecule has 2 aromatic carbocycles. The first kappa shape index (κ1) is 19.1. The largest absolute Gasteiger partial charge is 0.478 e. The molecule has 0 radical (unpaired) electrons. The van der Waals surface area contributed by atoms with Crippen LogP contribution in [-0.2, 0) is 6.54 Å². The number of hydrogen-bond acceptors (Lipinski definition) is 3. The molecule has 7 heteroatoms. The van der Waals surface area contributed by atoms with Crippen LogP contribution in [0.2, 0.25) is 5.02 Å². The van der Waals surface area contributed by atoms with Gasteiger partial charge in [0.25, 0.3) is 0 Å². The maximum absolute atomic E-state index is 12.8. The molecule has 1 heterocycles. The molecule has 1 fully saturated rings. The highest BCUT2D eigenvalue weighted by Crippen LogP contribution is 2.35. The number of carboxylic acid groups (broad SMARTS) is 1. The van der Waals surface area contributed by atoms with Gasteiger partial charge in [0.15, 0.2) is 0 Å². The van der Waals surface area contributed by atoms with Crippen LogP contribution in [0, 0.1) is 0 Å². The Balaban J connectivity index is 1.59. The number of benzene rings is 2. The van der Waals surface area contributed by atoms with Crippen molar-refractivity contribution in [3.05, 3.63) is 88.2 Å². The van der Waals surface area contributed by atoms with E-state index in [1.54, 1.807) is 29.0 Å². The van der Waals surface area contributed by atoms with E-state index < -0.39 is 5.97 Å². The molecule has 2 N–H and O–H groups in total. The Labute approximate surface area is 173 Å². The first-order chi connectivity index (χ1) is 13.9. The molecule has 2 aliphatic rings. The summed E-state index contributed by atoms with van der Waals surface area (Å²) in [6.07, 6.45) is 4.40. The number of nitrogens with zero attached hydrogens (tertiary/aromatic N) is 2. The molecule has 1 aliphatic carbocycles. The van der Waals surface area contributed by atoms with E-state index in [1.165, 1.54) is 6.07 Å². The second-order valence-electron chi connectivity index (χ2n) is 7.09. The third-order valence-electron chi connectivity index (χ3n) is 5.21. The van der Waals surface area contributed by atoms with Gasteiger partial charge in [0.05, 0.1) is 23.8 Å². The van der Waals surface area contributed by atoms with Gasteiger partial charge in [-0.2, -0.15) is 0 Å². The van der Waals surface area contributed by atoms with Crippen molar-refractivity contribution < 1.29 is 14.7 Å². The number of hydrogen-bond donors (Lipinski definition) is 2. The van der Waals surface area contributed by atoms with Crippen LogP contribution < -0.4 is 5.32 Å². The topological polar surface area (TPSA) is 72.9 Å². The highest BCUT2D eigenvalue weighted by molar-refractivity contribution is 6.31. The Morgan fingerprint density at radius 3 is 2.69 bits per heavy atom. The van der Waals surface area contributed by atoms with Crippen LogP contribution >= 0.6 is 11.6 Å². The number of rotatable bonds is 5. The third-order valence-corrected chi connectivity index (χ3v) is 5.45. The molecule has 0 saturated carbocycles. The molecule has 0 aromatic heterocycles. The van der Waals surface area contributed by atoms with E-state index in [2.05, 4.69) is 5.32 Å². The monoisotopic (exact) mass is 409 g/mol. The molecule has 1 saturated heterocycles. The smallest absolute Gasteiger partial charge is 0.337 e. The Kier molecular flexibility index (Phi) is 5.03. The van der Waals surface area contributed by atoms with Crippen LogP contribution in [-0.4, -0.2) is 40.0 Å². The Morgan fingerprint density at radius 1 is 1.21 bits per heavy atom. The molecule has 0 bridgehead atoms. The first-order valence-corrected chi connectivity index (χ1v) is 9.60. The predicted octanol–water partition coefficient (Wildman–Crippen LogP) is 4.56. The molecular weight excluding hydrogens is 390 g/mol. The van der Waals surface area contributed by atoms with Gasteiger partial charge < -0.3 is 15.3 Å². The number of likely N-dealkylation sites (N-methyl/N-ethyl adjacent to an activating group) is 1. The molecule has 148 valence electrons. The summed E-state index contributed by atoms with van der Waals surface area (Å²) in [6.45, 7) is 0.517.